The SMILES string of the molecule is Cc1c(NC(=O)NCCOc2ccccc2)c(=O)n(-c2ccccc2)n1C. The van der Waals surface area contributed by atoms with E-state index in [4.69, 9.17) is 4.74 Å². The Bertz CT molecular complexity index is 962. The number of aromatic nitrogens is 2. The average Bonchev–Trinajstić information content (AvgIpc) is 2.90. The van der Waals surface area contributed by atoms with E-state index in [1.165, 1.54) is 4.68 Å². The highest BCUT2D eigenvalue weighted by Crippen LogP contribution is 2.13. The Kier molecular flexibility index (Phi) is 5.61. The van der Waals surface area contributed by atoms with Crippen LogP contribution in [0.15, 0.2) is 65.5 Å². The van der Waals surface area contributed by atoms with E-state index in [0.29, 0.717) is 18.8 Å². The predicted molar refractivity (Wildman–Crippen MR) is 105 cm³/mol. The van der Waals surface area contributed by atoms with Crippen LogP contribution in [0, 0.1) is 6.92 Å². The fraction of sp³-hybridized carbons (Fsp3) is 0.200. The van der Waals surface area contributed by atoms with Gasteiger partial charge in [0.1, 0.15) is 18.0 Å². The van der Waals surface area contributed by atoms with Crippen LogP contribution < -0.4 is 20.9 Å². The summed E-state index contributed by atoms with van der Waals surface area (Å²) in [6.07, 6.45) is 0. The van der Waals surface area contributed by atoms with E-state index in [-0.39, 0.29) is 11.2 Å². The molecule has 0 aliphatic heterocycles. The van der Waals surface area contributed by atoms with Crippen LogP contribution in [0.1, 0.15) is 5.69 Å². The summed E-state index contributed by atoms with van der Waals surface area (Å²) >= 11 is 0. The highest BCUT2D eigenvalue weighted by atomic mass is 16.5. The van der Waals surface area contributed by atoms with Gasteiger partial charge < -0.3 is 15.4 Å². The van der Waals surface area contributed by atoms with Crippen molar-refractivity contribution in [1.82, 2.24) is 14.7 Å². The van der Waals surface area contributed by atoms with E-state index in [9.17, 15) is 9.59 Å². The number of amides is 2. The standard InChI is InChI=1S/C20H22N4O3/c1-15-18(19(25)24(23(15)2)16-9-5-3-6-10-16)22-20(26)21-13-14-27-17-11-7-4-8-12-17/h3-12H,13-14H2,1-2H3,(H2,21,22,26). The van der Waals surface area contributed by atoms with Crippen molar-refractivity contribution >= 4 is 11.7 Å². The van der Waals surface area contributed by atoms with Crippen molar-refractivity contribution < 1.29 is 9.53 Å². The minimum atomic E-state index is -0.447. The number of hydrogen-bond acceptors (Lipinski definition) is 3. The lowest BCUT2D eigenvalue weighted by atomic mass is 10.3. The van der Waals surface area contributed by atoms with Crippen molar-refractivity contribution in [3.05, 3.63) is 76.7 Å². The number of ether oxygens (including phenoxy) is 1. The van der Waals surface area contributed by atoms with Gasteiger partial charge in [0, 0.05) is 7.05 Å². The normalized spacial score (nSPS) is 10.4. The summed E-state index contributed by atoms with van der Waals surface area (Å²) < 4.78 is 8.75. The summed E-state index contributed by atoms with van der Waals surface area (Å²) in [6, 6.07) is 18.2. The fourth-order valence-corrected chi connectivity index (χ4v) is 2.72. The number of hydrogen-bond donors (Lipinski definition) is 2. The van der Waals surface area contributed by atoms with Gasteiger partial charge in [0.15, 0.2) is 0 Å². The van der Waals surface area contributed by atoms with Crippen LogP contribution >= 0.6 is 0 Å². The molecular formula is C20H22N4O3. The second-order valence-electron chi connectivity index (χ2n) is 5.98. The number of nitrogens with one attached hydrogen (secondary N) is 2. The zero-order valence-electron chi connectivity index (χ0n) is 15.3. The van der Waals surface area contributed by atoms with Gasteiger partial charge in [-0.2, -0.15) is 0 Å². The first-order valence-electron chi connectivity index (χ1n) is 8.64. The number of anilines is 1. The zero-order valence-corrected chi connectivity index (χ0v) is 15.3. The number of urea groups is 1. The molecule has 1 heterocycles. The quantitative estimate of drug-likeness (QED) is 0.659. The molecule has 0 saturated heterocycles. The molecule has 0 spiro atoms. The smallest absolute Gasteiger partial charge is 0.319 e. The maximum atomic E-state index is 12.7. The molecule has 2 aromatic carbocycles. The molecule has 0 bridgehead atoms. The Hall–Kier alpha value is -3.48. The van der Waals surface area contributed by atoms with Crippen LogP contribution in [-0.2, 0) is 7.05 Å². The third kappa shape index (κ3) is 4.20. The summed E-state index contributed by atoms with van der Waals surface area (Å²) in [5, 5.41) is 5.34. The average molecular weight is 366 g/mol. The van der Waals surface area contributed by atoms with E-state index in [2.05, 4.69) is 10.6 Å². The van der Waals surface area contributed by atoms with Crippen LogP contribution in [0.2, 0.25) is 0 Å². The number of para-hydroxylation sites is 2. The van der Waals surface area contributed by atoms with Gasteiger partial charge in [0.25, 0.3) is 5.56 Å². The maximum absolute atomic E-state index is 12.7. The van der Waals surface area contributed by atoms with Crippen molar-refractivity contribution in [2.75, 3.05) is 18.5 Å². The van der Waals surface area contributed by atoms with Gasteiger partial charge in [-0.3, -0.25) is 9.48 Å². The lowest BCUT2D eigenvalue weighted by Crippen LogP contribution is -2.34. The van der Waals surface area contributed by atoms with Crippen LogP contribution in [-0.4, -0.2) is 28.5 Å². The number of carbonyl (C=O) groups is 1. The summed E-state index contributed by atoms with van der Waals surface area (Å²) in [4.78, 5) is 24.9. The van der Waals surface area contributed by atoms with Gasteiger partial charge in [-0.15, -0.1) is 0 Å². The number of carbonyl (C=O) groups excluding carboxylic acids is 1. The fourth-order valence-electron chi connectivity index (χ4n) is 2.72. The molecule has 2 amide bonds. The molecule has 27 heavy (non-hydrogen) atoms. The molecule has 0 fully saturated rings. The summed E-state index contributed by atoms with van der Waals surface area (Å²) in [5.74, 6) is 0.740. The van der Waals surface area contributed by atoms with Gasteiger partial charge in [0.05, 0.1) is 17.9 Å². The maximum Gasteiger partial charge on any atom is 0.319 e. The number of nitrogens with zero attached hydrogens (tertiary/aromatic N) is 2. The molecule has 3 rings (SSSR count). The van der Waals surface area contributed by atoms with Crippen molar-refractivity contribution in [1.29, 1.82) is 0 Å². The first-order chi connectivity index (χ1) is 13.1. The van der Waals surface area contributed by atoms with E-state index in [1.54, 1.807) is 18.7 Å². The van der Waals surface area contributed by atoms with Gasteiger partial charge in [-0.25, -0.2) is 9.48 Å². The summed E-state index contributed by atoms with van der Waals surface area (Å²) in [7, 11) is 1.78. The largest absolute Gasteiger partial charge is 0.492 e. The van der Waals surface area contributed by atoms with Crippen LogP contribution in [0.5, 0.6) is 5.75 Å². The Morgan fingerprint density at radius 2 is 1.67 bits per heavy atom. The monoisotopic (exact) mass is 366 g/mol. The van der Waals surface area contributed by atoms with Crippen LogP contribution in [0.4, 0.5) is 10.5 Å². The van der Waals surface area contributed by atoms with Crippen molar-refractivity contribution in [2.24, 2.45) is 7.05 Å². The second kappa shape index (κ2) is 8.27. The molecule has 0 unspecified atom stereocenters. The Morgan fingerprint density at radius 1 is 1.04 bits per heavy atom. The topological polar surface area (TPSA) is 77.3 Å². The van der Waals surface area contributed by atoms with E-state index >= 15 is 0 Å². The molecule has 3 aromatic rings. The Balaban J connectivity index is 1.62. The molecule has 140 valence electrons. The van der Waals surface area contributed by atoms with E-state index in [0.717, 1.165) is 11.4 Å². The molecule has 7 nitrogen and oxygen atoms in total. The molecule has 0 saturated carbocycles. The first-order valence-corrected chi connectivity index (χ1v) is 8.64. The molecule has 2 N–H and O–H groups in total. The highest BCUT2D eigenvalue weighted by Gasteiger charge is 2.17. The lowest BCUT2D eigenvalue weighted by Gasteiger charge is -2.08. The second-order valence-corrected chi connectivity index (χ2v) is 5.98. The first kappa shape index (κ1) is 18.3. The lowest BCUT2D eigenvalue weighted by molar-refractivity contribution is 0.247. The van der Waals surface area contributed by atoms with Crippen molar-refractivity contribution in [2.45, 2.75) is 6.92 Å². The third-order valence-corrected chi connectivity index (χ3v) is 4.19. The number of benzene rings is 2. The molecular weight excluding hydrogens is 344 g/mol. The zero-order chi connectivity index (χ0) is 19.2. The molecule has 0 aliphatic rings. The summed E-state index contributed by atoms with van der Waals surface area (Å²) in [5.41, 5.74) is 1.37. The number of rotatable bonds is 6. The van der Waals surface area contributed by atoms with Crippen LogP contribution in [0.3, 0.4) is 0 Å². The molecule has 0 radical (unpaired) electrons. The molecule has 1 aromatic heterocycles. The Labute approximate surface area is 157 Å². The van der Waals surface area contributed by atoms with Gasteiger partial charge in [0.2, 0.25) is 0 Å². The van der Waals surface area contributed by atoms with Crippen LogP contribution in [0.25, 0.3) is 5.69 Å². The minimum absolute atomic E-state index is 0.253. The predicted octanol–water partition coefficient (Wildman–Crippen LogP) is 2.68. The van der Waals surface area contributed by atoms with Crippen molar-refractivity contribution in [3.63, 3.8) is 0 Å². The summed E-state index contributed by atoms with van der Waals surface area (Å²) in [6.45, 7) is 2.44. The molecule has 7 heteroatoms. The molecule has 0 atom stereocenters. The highest BCUT2D eigenvalue weighted by molar-refractivity contribution is 5.89. The van der Waals surface area contributed by atoms with Gasteiger partial charge >= 0.3 is 6.03 Å². The van der Waals surface area contributed by atoms with Gasteiger partial charge in [-0.05, 0) is 31.2 Å². The Morgan fingerprint density at radius 3 is 2.33 bits per heavy atom. The van der Waals surface area contributed by atoms with Gasteiger partial charge in [-0.1, -0.05) is 36.4 Å². The third-order valence-electron chi connectivity index (χ3n) is 4.19. The minimum Gasteiger partial charge on any atom is -0.492 e. The molecule has 0 aliphatic carbocycles. The van der Waals surface area contributed by atoms with E-state index in [1.807, 2.05) is 60.7 Å². The van der Waals surface area contributed by atoms with Crippen molar-refractivity contribution in [3.8, 4) is 11.4 Å². The van der Waals surface area contributed by atoms with E-state index < -0.39 is 6.03 Å².